The van der Waals surface area contributed by atoms with Crippen LogP contribution in [-0.4, -0.2) is 51.6 Å². The Kier molecular flexibility index (Phi) is 7.23. The monoisotopic (exact) mass is 315 g/mol. The molecule has 0 aliphatic heterocycles. The summed E-state index contributed by atoms with van der Waals surface area (Å²) in [7, 11) is 0. The topological polar surface area (TPSA) is 159 Å². The van der Waals surface area contributed by atoms with Gasteiger partial charge in [0, 0.05) is 6.42 Å². The third kappa shape index (κ3) is 5.92. The fourth-order valence-corrected chi connectivity index (χ4v) is 1.40. The van der Waals surface area contributed by atoms with Crippen LogP contribution in [-0.2, 0) is 19.2 Å². The molecule has 0 fully saturated rings. The van der Waals surface area contributed by atoms with E-state index in [-0.39, 0.29) is 12.8 Å². The number of carbonyl (C=O) groups excluding carboxylic acids is 2. The summed E-state index contributed by atoms with van der Waals surface area (Å²) in [6, 6.07) is -2.21. The summed E-state index contributed by atoms with van der Waals surface area (Å²) in [6.07, 6.45) is 0.757. The molecule has 3 unspecified atom stereocenters. The molecule has 0 saturated carbocycles. The van der Waals surface area contributed by atoms with E-state index in [1.807, 2.05) is 0 Å². The first-order chi connectivity index (χ1) is 10.0. The van der Waals surface area contributed by atoms with Crippen molar-refractivity contribution in [2.24, 2.45) is 5.73 Å². The Balaban J connectivity index is 4.65. The fourth-order valence-electron chi connectivity index (χ4n) is 1.40. The quantitative estimate of drug-likeness (QED) is 0.335. The van der Waals surface area contributed by atoms with Gasteiger partial charge in [-0.15, -0.1) is 6.58 Å². The van der Waals surface area contributed by atoms with Gasteiger partial charge in [-0.1, -0.05) is 6.08 Å². The molecule has 0 aromatic carbocycles. The molecule has 0 saturated heterocycles. The third-order valence-corrected chi connectivity index (χ3v) is 3.02. The maximum atomic E-state index is 12.0. The van der Waals surface area contributed by atoms with E-state index in [1.54, 1.807) is 0 Å². The van der Waals surface area contributed by atoms with E-state index in [9.17, 15) is 19.2 Å². The van der Waals surface area contributed by atoms with Gasteiger partial charge in [-0.05, 0) is 20.3 Å². The van der Waals surface area contributed by atoms with Crippen molar-refractivity contribution in [3.63, 3.8) is 0 Å². The van der Waals surface area contributed by atoms with Crippen LogP contribution in [0.2, 0.25) is 0 Å². The number of hydrogen-bond donors (Lipinski definition) is 5. The van der Waals surface area contributed by atoms with Crippen molar-refractivity contribution in [1.29, 1.82) is 0 Å². The number of carboxylic acid groups (broad SMARTS) is 2. The molecule has 0 spiro atoms. The molecule has 2 amide bonds. The van der Waals surface area contributed by atoms with Crippen molar-refractivity contribution < 1.29 is 29.4 Å². The summed E-state index contributed by atoms with van der Waals surface area (Å²) < 4.78 is 0. The zero-order valence-corrected chi connectivity index (χ0v) is 12.5. The summed E-state index contributed by atoms with van der Waals surface area (Å²) in [5.41, 5.74) is 4.18. The molecule has 124 valence electrons. The van der Waals surface area contributed by atoms with Gasteiger partial charge in [0.05, 0.1) is 0 Å². The summed E-state index contributed by atoms with van der Waals surface area (Å²) in [5, 5.41) is 21.8. The zero-order valence-electron chi connectivity index (χ0n) is 12.5. The van der Waals surface area contributed by atoms with Crippen LogP contribution in [0.15, 0.2) is 12.7 Å². The van der Waals surface area contributed by atoms with Crippen LogP contribution >= 0.6 is 0 Å². The van der Waals surface area contributed by atoms with Gasteiger partial charge >= 0.3 is 11.9 Å². The van der Waals surface area contributed by atoms with Gasteiger partial charge in [0.1, 0.15) is 17.6 Å². The Morgan fingerprint density at radius 3 is 2.00 bits per heavy atom. The van der Waals surface area contributed by atoms with Gasteiger partial charge in [-0.25, -0.2) is 0 Å². The van der Waals surface area contributed by atoms with Crippen LogP contribution in [0.25, 0.3) is 0 Å². The molecule has 0 heterocycles. The fraction of sp³-hybridized carbons (Fsp3) is 0.538. The van der Waals surface area contributed by atoms with Crippen molar-refractivity contribution in [2.75, 3.05) is 0 Å². The Labute approximate surface area is 127 Å². The predicted molar refractivity (Wildman–Crippen MR) is 76.8 cm³/mol. The van der Waals surface area contributed by atoms with E-state index < -0.39 is 41.4 Å². The number of nitrogens with two attached hydrogens (primary N) is 1. The van der Waals surface area contributed by atoms with Gasteiger partial charge < -0.3 is 26.6 Å². The second-order valence-corrected chi connectivity index (χ2v) is 4.91. The lowest BCUT2D eigenvalue weighted by Gasteiger charge is -2.25. The standard InChI is InChI=1S/C13H21N3O6/c1-4-13(14,12(22)16-8(3)11(20)21)6-5-9(17)15-7(2)10(18)19/h4,7-8H,1,5-6,14H2,2-3H3,(H,15,17)(H,16,22)(H,18,19)(H,20,21). The normalized spacial score (nSPS) is 15.8. The summed E-state index contributed by atoms with van der Waals surface area (Å²) in [4.78, 5) is 44.9. The van der Waals surface area contributed by atoms with E-state index >= 15 is 0 Å². The average molecular weight is 315 g/mol. The van der Waals surface area contributed by atoms with Crippen molar-refractivity contribution in [2.45, 2.75) is 44.3 Å². The van der Waals surface area contributed by atoms with E-state index in [2.05, 4.69) is 17.2 Å². The Morgan fingerprint density at radius 1 is 1.14 bits per heavy atom. The number of hydrogen-bond acceptors (Lipinski definition) is 5. The number of carbonyl (C=O) groups is 4. The first kappa shape index (κ1) is 19.6. The van der Waals surface area contributed by atoms with Gasteiger partial charge in [-0.2, -0.15) is 0 Å². The molecule has 0 bridgehead atoms. The molecule has 3 atom stereocenters. The van der Waals surface area contributed by atoms with Crippen LogP contribution in [0.1, 0.15) is 26.7 Å². The maximum absolute atomic E-state index is 12.0. The lowest BCUT2D eigenvalue weighted by molar-refractivity contribution is -0.142. The third-order valence-electron chi connectivity index (χ3n) is 3.02. The second kappa shape index (κ2) is 8.13. The molecule has 0 radical (unpaired) electrons. The largest absolute Gasteiger partial charge is 0.480 e. The Morgan fingerprint density at radius 2 is 1.59 bits per heavy atom. The lowest BCUT2D eigenvalue weighted by atomic mass is 9.93. The SMILES string of the molecule is C=CC(N)(CCC(=O)NC(C)C(=O)O)C(=O)NC(C)C(=O)O. The molecule has 9 nitrogen and oxygen atoms in total. The van der Waals surface area contributed by atoms with Crippen molar-refractivity contribution in [3.05, 3.63) is 12.7 Å². The van der Waals surface area contributed by atoms with Crippen LogP contribution in [0.3, 0.4) is 0 Å². The van der Waals surface area contributed by atoms with Crippen LogP contribution in [0, 0.1) is 0 Å². The molecule has 0 rings (SSSR count). The molecule has 0 aromatic heterocycles. The number of carboxylic acids is 2. The highest BCUT2D eigenvalue weighted by Gasteiger charge is 2.33. The van der Waals surface area contributed by atoms with Crippen molar-refractivity contribution in [1.82, 2.24) is 10.6 Å². The van der Waals surface area contributed by atoms with E-state index in [0.29, 0.717) is 0 Å². The minimum atomic E-state index is -1.63. The highest BCUT2D eigenvalue weighted by Crippen LogP contribution is 2.12. The van der Waals surface area contributed by atoms with Gasteiger partial charge in [0.25, 0.3) is 0 Å². The van der Waals surface area contributed by atoms with Gasteiger partial charge in [-0.3, -0.25) is 19.2 Å². The number of rotatable bonds is 9. The van der Waals surface area contributed by atoms with Crippen LogP contribution in [0.4, 0.5) is 0 Å². The van der Waals surface area contributed by atoms with Crippen LogP contribution < -0.4 is 16.4 Å². The minimum absolute atomic E-state index is 0.146. The molecule has 22 heavy (non-hydrogen) atoms. The molecular weight excluding hydrogens is 294 g/mol. The Bertz CT molecular complexity index is 478. The predicted octanol–water partition coefficient (Wildman–Crippen LogP) is -1.17. The molecule has 6 N–H and O–H groups in total. The molecule has 0 aliphatic rings. The second-order valence-electron chi connectivity index (χ2n) is 4.91. The molecule has 0 aromatic rings. The number of aliphatic carboxylic acids is 2. The van der Waals surface area contributed by atoms with E-state index in [0.717, 1.165) is 6.08 Å². The minimum Gasteiger partial charge on any atom is -0.480 e. The van der Waals surface area contributed by atoms with E-state index in [1.165, 1.54) is 13.8 Å². The maximum Gasteiger partial charge on any atom is 0.325 e. The van der Waals surface area contributed by atoms with Gasteiger partial charge in [0.2, 0.25) is 11.8 Å². The molecular formula is C13H21N3O6. The summed E-state index contributed by atoms with van der Waals surface area (Å²) >= 11 is 0. The van der Waals surface area contributed by atoms with Crippen molar-refractivity contribution in [3.8, 4) is 0 Å². The van der Waals surface area contributed by atoms with Crippen molar-refractivity contribution >= 4 is 23.8 Å². The lowest BCUT2D eigenvalue weighted by Crippen LogP contribution is -2.56. The Hall–Kier alpha value is -2.42. The first-order valence-corrected chi connectivity index (χ1v) is 6.52. The summed E-state index contributed by atoms with van der Waals surface area (Å²) in [5.74, 6) is -3.79. The summed E-state index contributed by atoms with van der Waals surface area (Å²) in [6.45, 7) is 5.98. The van der Waals surface area contributed by atoms with Crippen LogP contribution in [0.5, 0.6) is 0 Å². The van der Waals surface area contributed by atoms with Gasteiger partial charge in [0.15, 0.2) is 0 Å². The zero-order chi connectivity index (χ0) is 17.5. The van der Waals surface area contributed by atoms with E-state index in [4.69, 9.17) is 15.9 Å². The highest BCUT2D eigenvalue weighted by atomic mass is 16.4. The average Bonchev–Trinajstić information content (AvgIpc) is 2.44. The molecule has 0 aliphatic carbocycles. The molecule has 9 heteroatoms. The smallest absolute Gasteiger partial charge is 0.325 e. The highest BCUT2D eigenvalue weighted by molar-refractivity contribution is 5.92. The number of amides is 2. The number of nitrogens with one attached hydrogen (secondary N) is 2. The first-order valence-electron chi connectivity index (χ1n) is 6.52.